The number of carbonyl (C=O) groups is 2. The van der Waals surface area contributed by atoms with E-state index in [1.165, 1.54) is 51.2 Å². The topological polar surface area (TPSA) is 70.6 Å². The summed E-state index contributed by atoms with van der Waals surface area (Å²) in [6, 6.07) is 5.14. The fraction of sp³-hybridized carbons (Fsp3) is 0.571. The van der Waals surface area contributed by atoms with E-state index in [1.807, 2.05) is 0 Å². The predicted octanol–water partition coefficient (Wildman–Crippen LogP) is 5.48. The lowest BCUT2D eigenvalue weighted by atomic mass is 10.1. The quantitative estimate of drug-likeness (QED) is 0.234. The highest BCUT2D eigenvalue weighted by Gasteiger charge is 2.05. The van der Waals surface area contributed by atoms with Gasteiger partial charge in [0.15, 0.2) is 0 Å². The molecule has 0 aliphatic carbocycles. The van der Waals surface area contributed by atoms with Gasteiger partial charge < -0.3 is 5.32 Å². The summed E-state index contributed by atoms with van der Waals surface area (Å²) in [6.45, 7) is 2.12. The lowest BCUT2D eigenvalue weighted by molar-refractivity contribution is -0.126. The summed E-state index contributed by atoms with van der Waals surface area (Å²) in [5, 5.41) is 7.22. The van der Waals surface area contributed by atoms with Gasteiger partial charge in [0.2, 0.25) is 5.91 Å². The lowest BCUT2D eigenvalue weighted by Crippen LogP contribution is -2.34. The van der Waals surface area contributed by atoms with Crippen molar-refractivity contribution < 1.29 is 9.59 Å². The molecule has 0 unspecified atom stereocenters. The van der Waals surface area contributed by atoms with Crippen LogP contribution in [0.1, 0.15) is 76.7 Å². The van der Waals surface area contributed by atoms with Gasteiger partial charge in [0.05, 0.1) is 22.8 Å². The molecule has 0 aliphatic heterocycles. The Kier molecular flexibility index (Phi) is 13.4. The molecular formula is C21H31Cl2N3O2. The number of hydrazone groups is 1. The van der Waals surface area contributed by atoms with Crippen molar-refractivity contribution in [2.24, 2.45) is 5.10 Å². The fourth-order valence-electron chi connectivity index (χ4n) is 2.70. The number of halogens is 2. The SMILES string of the molecule is CCCCCCCCCCCC(=O)NCC(=O)N/N=C\c1cccc(Cl)c1Cl. The van der Waals surface area contributed by atoms with Crippen LogP contribution in [0.15, 0.2) is 23.3 Å². The maximum absolute atomic E-state index is 11.8. The first kappa shape index (κ1) is 24.4. The van der Waals surface area contributed by atoms with Crippen molar-refractivity contribution >= 4 is 41.2 Å². The molecule has 28 heavy (non-hydrogen) atoms. The third-order valence-electron chi connectivity index (χ3n) is 4.33. The maximum atomic E-state index is 11.8. The fourth-order valence-corrected chi connectivity index (χ4v) is 3.05. The molecule has 2 amide bonds. The zero-order valence-corrected chi connectivity index (χ0v) is 18.1. The first-order valence-electron chi connectivity index (χ1n) is 10.1. The number of amides is 2. The Bertz CT molecular complexity index is 636. The van der Waals surface area contributed by atoms with Gasteiger partial charge in [-0.2, -0.15) is 5.10 Å². The van der Waals surface area contributed by atoms with E-state index in [9.17, 15) is 9.59 Å². The molecule has 0 saturated heterocycles. The van der Waals surface area contributed by atoms with Crippen LogP contribution >= 0.6 is 23.2 Å². The third-order valence-corrected chi connectivity index (χ3v) is 5.16. The summed E-state index contributed by atoms with van der Waals surface area (Å²) in [6.07, 6.45) is 12.7. The molecule has 0 atom stereocenters. The molecule has 0 saturated carbocycles. The van der Waals surface area contributed by atoms with Crippen LogP contribution in [0, 0.1) is 0 Å². The van der Waals surface area contributed by atoms with Crippen LogP contribution in [-0.4, -0.2) is 24.6 Å². The molecular weight excluding hydrogens is 397 g/mol. The molecule has 156 valence electrons. The average molecular weight is 428 g/mol. The predicted molar refractivity (Wildman–Crippen MR) is 117 cm³/mol. The van der Waals surface area contributed by atoms with Gasteiger partial charge in [0, 0.05) is 12.0 Å². The van der Waals surface area contributed by atoms with Crippen molar-refractivity contribution in [3.63, 3.8) is 0 Å². The molecule has 1 aromatic carbocycles. The summed E-state index contributed by atoms with van der Waals surface area (Å²) in [4.78, 5) is 23.5. The number of carbonyl (C=O) groups excluding carboxylic acids is 2. The summed E-state index contributed by atoms with van der Waals surface area (Å²) < 4.78 is 0. The smallest absolute Gasteiger partial charge is 0.259 e. The Balaban J connectivity index is 2.07. The second-order valence-corrected chi connectivity index (χ2v) is 7.58. The Labute approximate surface area is 178 Å². The summed E-state index contributed by atoms with van der Waals surface area (Å²) in [7, 11) is 0. The van der Waals surface area contributed by atoms with Crippen molar-refractivity contribution in [1.82, 2.24) is 10.7 Å². The van der Waals surface area contributed by atoms with E-state index in [4.69, 9.17) is 23.2 Å². The van der Waals surface area contributed by atoms with E-state index in [0.29, 0.717) is 22.0 Å². The van der Waals surface area contributed by atoms with Crippen LogP contribution < -0.4 is 10.7 Å². The number of nitrogens with one attached hydrogen (secondary N) is 2. The van der Waals surface area contributed by atoms with E-state index < -0.39 is 5.91 Å². The van der Waals surface area contributed by atoms with E-state index in [-0.39, 0.29) is 12.5 Å². The third kappa shape index (κ3) is 11.3. The van der Waals surface area contributed by atoms with Gasteiger partial charge in [-0.05, 0) is 12.5 Å². The van der Waals surface area contributed by atoms with Crippen LogP contribution in [0.4, 0.5) is 0 Å². The lowest BCUT2D eigenvalue weighted by Gasteiger charge is -2.05. The van der Waals surface area contributed by atoms with E-state index in [1.54, 1.807) is 18.2 Å². The Hall–Kier alpha value is -1.59. The van der Waals surface area contributed by atoms with Gasteiger partial charge in [-0.1, -0.05) is 93.6 Å². The van der Waals surface area contributed by atoms with Crippen LogP contribution in [0.2, 0.25) is 10.0 Å². The largest absolute Gasteiger partial charge is 0.347 e. The van der Waals surface area contributed by atoms with Gasteiger partial charge in [0.1, 0.15) is 0 Å². The van der Waals surface area contributed by atoms with Crippen molar-refractivity contribution in [2.75, 3.05) is 6.54 Å². The molecule has 0 spiro atoms. The second kappa shape index (κ2) is 15.3. The van der Waals surface area contributed by atoms with Gasteiger partial charge in [-0.3, -0.25) is 9.59 Å². The maximum Gasteiger partial charge on any atom is 0.259 e. The number of unbranched alkanes of at least 4 members (excludes halogenated alkanes) is 8. The van der Waals surface area contributed by atoms with Gasteiger partial charge in [-0.25, -0.2) is 5.43 Å². The number of benzene rings is 1. The molecule has 0 fully saturated rings. The Morgan fingerprint density at radius 3 is 2.29 bits per heavy atom. The minimum Gasteiger partial charge on any atom is -0.347 e. The number of hydrogen-bond acceptors (Lipinski definition) is 3. The minimum atomic E-state index is -0.394. The van der Waals surface area contributed by atoms with Gasteiger partial charge in [-0.15, -0.1) is 0 Å². The zero-order valence-electron chi connectivity index (χ0n) is 16.6. The molecule has 0 bridgehead atoms. The first-order valence-corrected chi connectivity index (χ1v) is 10.8. The number of rotatable bonds is 14. The molecule has 7 heteroatoms. The van der Waals surface area contributed by atoms with E-state index in [2.05, 4.69) is 22.8 Å². The average Bonchev–Trinajstić information content (AvgIpc) is 2.68. The van der Waals surface area contributed by atoms with Crippen molar-refractivity contribution in [2.45, 2.75) is 71.1 Å². The Morgan fingerprint density at radius 2 is 1.61 bits per heavy atom. The summed E-state index contributed by atoms with van der Waals surface area (Å²) in [5.74, 6) is -0.505. The van der Waals surface area contributed by atoms with E-state index in [0.717, 1.165) is 12.8 Å². The van der Waals surface area contributed by atoms with Crippen molar-refractivity contribution in [1.29, 1.82) is 0 Å². The highest BCUT2D eigenvalue weighted by Crippen LogP contribution is 2.24. The number of hydrogen-bond donors (Lipinski definition) is 2. The Morgan fingerprint density at radius 1 is 0.964 bits per heavy atom. The molecule has 0 heterocycles. The van der Waals surface area contributed by atoms with Gasteiger partial charge >= 0.3 is 0 Å². The van der Waals surface area contributed by atoms with Crippen LogP contribution in [0.25, 0.3) is 0 Å². The minimum absolute atomic E-state index is 0.100. The van der Waals surface area contributed by atoms with Crippen LogP contribution in [0.3, 0.4) is 0 Å². The molecule has 1 rings (SSSR count). The van der Waals surface area contributed by atoms with Crippen molar-refractivity contribution in [3.05, 3.63) is 33.8 Å². The standard InChI is InChI=1S/C21H31Cl2N3O2/c1-2-3-4-5-6-7-8-9-10-14-19(27)24-16-20(28)26-25-15-17-12-11-13-18(22)21(17)23/h11-13,15H,2-10,14,16H2,1H3,(H,24,27)(H,26,28)/b25-15-. The van der Waals surface area contributed by atoms with Crippen LogP contribution in [0.5, 0.6) is 0 Å². The second-order valence-electron chi connectivity index (χ2n) is 6.79. The zero-order chi connectivity index (χ0) is 20.6. The molecule has 1 aromatic rings. The molecule has 5 nitrogen and oxygen atoms in total. The number of nitrogens with zero attached hydrogens (tertiary/aromatic N) is 1. The molecule has 0 aromatic heterocycles. The summed E-state index contributed by atoms with van der Waals surface area (Å²) in [5.41, 5.74) is 2.95. The monoisotopic (exact) mass is 427 g/mol. The van der Waals surface area contributed by atoms with Crippen molar-refractivity contribution in [3.8, 4) is 0 Å². The molecule has 0 radical (unpaired) electrons. The highest BCUT2D eigenvalue weighted by molar-refractivity contribution is 6.43. The normalized spacial score (nSPS) is 11.0. The molecule has 0 aliphatic rings. The first-order chi connectivity index (χ1) is 13.5. The summed E-state index contributed by atoms with van der Waals surface area (Å²) >= 11 is 11.9. The van der Waals surface area contributed by atoms with Crippen LogP contribution in [-0.2, 0) is 9.59 Å². The highest BCUT2D eigenvalue weighted by atomic mass is 35.5. The molecule has 2 N–H and O–H groups in total. The van der Waals surface area contributed by atoms with E-state index >= 15 is 0 Å². The van der Waals surface area contributed by atoms with Gasteiger partial charge in [0.25, 0.3) is 5.91 Å².